The van der Waals surface area contributed by atoms with E-state index in [4.69, 9.17) is 16.7 Å². The van der Waals surface area contributed by atoms with Crippen molar-refractivity contribution in [2.45, 2.75) is 19.8 Å². The third-order valence-corrected chi connectivity index (χ3v) is 4.80. The number of pyridine rings is 1. The lowest BCUT2D eigenvalue weighted by molar-refractivity contribution is -0.117. The summed E-state index contributed by atoms with van der Waals surface area (Å²) in [5, 5.41) is 8.97. The molecule has 2 aromatic heterocycles. The molecule has 10 heteroatoms. The molecule has 10 nitrogen and oxygen atoms in total. The Balaban J connectivity index is 1.80. The first-order valence-corrected chi connectivity index (χ1v) is 9.78. The average molecular weight is 417 g/mol. The van der Waals surface area contributed by atoms with Crippen molar-refractivity contribution >= 4 is 23.5 Å². The number of aliphatic imine (C=N–C) groups is 1. The van der Waals surface area contributed by atoms with Crippen LogP contribution in [0.4, 0.5) is 11.8 Å². The van der Waals surface area contributed by atoms with Gasteiger partial charge in [0.1, 0.15) is 11.7 Å². The highest BCUT2D eigenvalue weighted by Crippen LogP contribution is 2.22. The van der Waals surface area contributed by atoms with E-state index in [1.807, 2.05) is 30.1 Å². The minimum absolute atomic E-state index is 0.149. The molecule has 0 bridgehead atoms. The number of carbonyl (C=O) groups is 1. The van der Waals surface area contributed by atoms with Gasteiger partial charge in [0.05, 0.1) is 11.3 Å². The number of aromatic nitrogens is 3. The fourth-order valence-electron chi connectivity index (χ4n) is 3.28. The van der Waals surface area contributed by atoms with Gasteiger partial charge in [-0.05, 0) is 19.1 Å². The average Bonchev–Trinajstić information content (AvgIpc) is 2.76. The van der Waals surface area contributed by atoms with E-state index in [2.05, 4.69) is 36.7 Å². The molecular weight excluding hydrogens is 394 g/mol. The number of aryl methyl sites for hydroxylation is 1. The van der Waals surface area contributed by atoms with E-state index < -0.39 is 5.91 Å². The summed E-state index contributed by atoms with van der Waals surface area (Å²) in [6, 6.07) is 3.71. The number of hydrogen-bond donors (Lipinski definition) is 2. The number of rotatable bonds is 4. The van der Waals surface area contributed by atoms with Crippen LogP contribution in [0.5, 0.6) is 0 Å². The fourth-order valence-corrected chi connectivity index (χ4v) is 3.28. The van der Waals surface area contributed by atoms with Gasteiger partial charge in [0.15, 0.2) is 0 Å². The van der Waals surface area contributed by atoms with Crippen LogP contribution in [0.25, 0.3) is 0 Å². The number of nitriles is 1. The van der Waals surface area contributed by atoms with Gasteiger partial charge in [-0.15, -0.1) is 0 Å². The molecule has 0 atom stereocenters. The van der Waals surface area contributed by atoms with Gasteiger partial charge in [-0.2, -0.15) is 15.2 Å². The van der Waals surface area contributed by atoms with Gasteiger partial charge in [0.25, 0.3) is 0 Å². The lowest BCUT2D eigenvalue weighted by Crippen LogP contribution is -2.49. The molecular formula is C21H23N9O. The van der Waals surface area contributed by atoms with Crippen molar-refractivity contribution in [3.63, 3.8) is 0 Å². The SMILES string of the molecule is Cc1nc(N)nc(N2CCN(C(CCC(N)=O)=NC#N)CC2)c1C#Cc1cccnc1. The number of carbonyl (C=O) groups excluding carboxylic acids is 1. The number of amides is 1. The number of piperazine rings is 1. The topological polar surface area (TPSA) is 150 Å². The maximum absolute atomic E-state index is 11.1. The Morgan fingerprint density at radius 1 is 1.23 bits per heavy atom. The first-order chi connectivity index (χ1) is 15.0. The van der Waals surface area contributed by atoms with Crippen molar-refractivity contribution in [1.82, 2.24) is 19.9 Å². The van der Waals surface area contributed by atoms with E-state index in [1.54, 1.807) is 12.4 Å². The Kier molecular flexibility index (Phi) is 6.97. The van der Waals surface area contributed by atoms with Crippen molar-refractivity contribution < 1.29 is 4.79 Å². The monoisotopic (exact) mass is 417 g/mol. The molecule has 1 aliphatic rings. The Labute approximate surface area is 180 Å². The molecule has 0 aromatic carbocycles. The van der Waals surface area contributed by atoms with E-state index >= 15 is 0 Å². The van der Waals surface area contributed by atoms with Gasteiger partial charge in [-0.25, -0.2) is 4.98 Å². The van der Waals surface area contributed by atoms with Crippen molar-refractivity contribution in [3.05, 3.63) is 41.3 Å². The lowest BCUT2D eigenvalue weighted by atomic mass is 10.1. The molecule has 0 unspecified atom stereocenters. The molecule has 1 aliphatic heterocycles. The van der Waals surface area contributed by atoms with Crippen LogP contribution in [0.1, 0.15) is 29.7 Å². The molecule has 4 N–H and O–H groups in total. The van der Waals surface area contributed by atoms with Crippen LogP contribution in [0, 0.1) is 30.2 Å². The second kappa shape index (κ2) is 10.0. The molecule has 0 spiro atoms. The predicted molar refractivity (Wildman–Crippen MR) is 117 cm³/mol. The lowest BCUT2D eigenvalue weighted by Gasteiger charge is -2.37. The smallest absolute Gasteiger partial charge is 0.222 e. The van der Waals surface area contributed by atoms with Crippen molar-refractivity contribution in [2.24, 2.45) is 10.7 Å². The number of amidine groups is 1. The van der Waals surface area contributed by atoms with Gasteiger partial charge < -0.3 is 21.3 Å². The number of nitrogens with two attached hydrogens (primary N) is 2. The third-order valence-electron chi connectivity index (χ3n) is 4.80. The summed E-state index contributed by atoms with van der Waals surface area (Å²) in [6.45, 7) is 4.32. The standard InChI is InChI=1S/C21H23N9O/c1-15-17(5-4-16-3-2-8-25-13-16)20(28-21(24)27-15)30-11-9-29(10-12-30)19(26-14-22)7-6-18(23)31/h2-3,8,13H,6-7,9-12H2,1H3,(H2,23,31)(H2,24,27,28). The van der Waals surface area contributed by atoms with Crippen LogP contribution in [0.2, 0.25) is 0 Å². The summed E-state index contributed by atoms with van der Waals surface area (Å²) >= 11 is 0. The molecule has 158 valence electrons. The van der Waals surface area contributed by atoms with Crippen LogP contribution in [0.3, 0.4) is 0 Å². The second-order valence-corrected chi connectivity index (χ2v) is 6.93. The summed E-state index contributed by atoms with van der Waals surface area (Å²) in [7, 11) is 0. The van der Waals surface area contributed by atoms with Crippen LogP contribution in [-0.4, -0.2) is 57.8 Å². The molecule has 31 heavy (non-hydrogen) atoms. The van der Waals surface area contributed by atoms with E-state index in [9.17, 15) is 4.79 Å². The van der Waals surface area contributed by atoms with Crippen LogP contribution >= 0.6 is 0 Å². The molecule has 1 saturated heterocycles. The number of nitrogens with zero attached hydrogens (tertiary/aromatic N) is 7. The summed E-state index contributed by atoms with van der Waals surface area (Å²) < 4.78 is 0. The van der Waals surface area contributed by atoms with E-state index in [0.717, 1.165) is 5.56 Å². The largest absolute Gasteiger partial charge is 0.370 e. The number of nitrogen functional groups attached to an aromatic ring is 1. The molecule has 1 amide bonds. The van der Waals surface area contributed by atoms with Crippen molar-refractivity contribution in [1.29, 1.82) is 5.26 Å². The molecule has 1 fully saturated rings. The van der Waals surface area contributed by atoms with Crippen LogP contribution in [0.15, 0.2) is 29.5 Å². The first-order valence-electron chi connectivity index (χ1n) is 9.78. The van der Waals surface area contributed by atoms with Gasteiger partial charge in [-0.3, -0.25) is 9.78 Å². The zero-order valence-corrected chi connectivity index (χ0v) is 17.2. The zero-order valence-electron chi connectivity index (χ0n) is 17.2. The highest BCUT2D eigenvalue weighted by atomic mass is 16.1. The van der Waals surface area contributed by atoms with Crippen molar-refractivity contribution in [3.8, 4) is 18.0 Å². The van der Waals surface area contributed by atoms with Crippen LogP contribution in [-0.2, 0) is 4.79 Å². The third kappa shape index (κ3) is 5.67. The predicted octanol–water partition coefficient (Wildman–Crippen LogP) is 0.429. The van der Waals surface area contributed by atoms with Gasteiger partial charge in [0.2, 0.25) is 18.0 Å². The summed E-state index contributed by atoms with van der Waals surface area (Å²) in [5.41, 5.74) is 13.4. The number of anilines is 2. The van der Waals surface area contributed by atoms with E-state index in [0.29, 0.717) is 55.5 Å². The molecule has 3 heterocycles. The van der Waals surface area contributed by atoms with Gasteiger partial charge in [0, 0.05) is 57.0 Å². The second-order valence-electron chi connectivity index (χ2n) is 6.93. The summed E-state index contributed by atoms with van der Waals surface area (Å²) in [4.78, 5) is 31.8. The molecule has 0 saturated carbocycles. The van der Waals surface area contributed by atoms with Crippen LogP contribution < -0.4 is 16.4 Å². The number of hydrogen-bond acceptors (Lipinski definition) is 8. The van der Waals surface area contributed by atoms with Gasteiger partial charge in [-0.1, -0.05) is 11.8 Å². The van der Waals surface area contributed by atoms with E-state index in [1.165, 1.54) is 0 Å². The summed E-state index contributed by atoms with van der Waals surface area (Å²) in [6.07, 6.45) is 5.69. The highest BCUT2D eigenvalue weighted by molar-refractivity contribution is 5.87. The Morgan fingerprint density at radius 2 is 2.00 bits per heavy atom. The Hall–Kier alpha value is -4.18. The normalized spacial score (nSPS) is 13.9. The molecule has 0 aliphatic carbocycles. The first kappa shape index (κ1) is 21.5. The minimum atomic E-state index is -0.423. The molecule has 0 radical (unpaired) electrons. The Morgan fingerprint density at radius 3 is 2.65 bits per heavy atom. The maximum Gasteiger partial charge on any atom is 0.222 e. The van der Waals surface area contributed by atoms with Gasteiger partial charge >= 0.3 is 0 Å². The maximum atomic E-state index is 11.1. The molecule has 3 rings (SSSR count). The molecule has 2 aromatic rings. The zero-order chi connectivity index (χ0) is 22.2. The fraction of sp³-hybridized carbons (Fsp3) is 0.333. The Bertz CT molecular complexity index is 1070. The quantitative estimate of drug-likeness (QED) is 0.315. The minimum Gasteiger partial charge on any atom is -0.370 e. The number of primary amides is 1. The summed E-state index contributed by atoms with van der Waals surface area (Å²) in [5.74, 6) is 7.28. The highest BCUT2D eigenvalue weighted by Gasteiger charge is 2.24. The van der Waals surface area contributed by atoms with E-state index in [-0.39, 0.29) is 12.4 Å². The van der Waals surface area contributed by atoms with Crippen molar-refractivity contribution in [2.75, 3.05) is 36.8 Å².